The molecule has 6 aromatic carbocycles. The van der Waals surface area contributed by atoms with Crippen molar-refractivity contribution < 1.29 is 0 Å². The fourth-order valence-electron chi connectivity index (χ4n) is 14.2. The summed E-state index contributed by atoms with van der Waals surface area (Å²) in [5.41, 5.74) is 26.1. The number of hydrogen-bond donors (Lipinski definition) is 0. The van der Waals surface area contributed by atoms with E-state index in [2.05, 4.69) is 235 Å². The van der Waals surface area contributed by atoms with E-state index in [4.69, 9.17) is 0 Å². The molecule has 3 aliphatic carbocycles. The normalized spacial score (nSPS) is 20.2. The molecule has 12 rings (SSSR count). The van der Waals surface area contributed by atoms with Crippen molar-refractivity contribution >= 4 is 72.3 Å². The van der Waals surface area contributed by atoms with E-state index in [9.17, 15) is 0 Å². The Bertz CT molecular complexity index is 3400. The highest BCUT2D eigenvalue weighted by Crippen LogP contribution is 2.55. The average Bonchev–Trinajstić information content (AvgIpc) is 3.69. The number of thiophene rings is 1. The van der Waals surface area contributed by atoms with Gasteiger partial charge in [0.1, 0.15) is 0 Å². The van der Waals surface area contributed by atoms with Crippen LogP contribution in [0.15, 0.2) is 103 Å². The Morgan fingerprint density at radius 3 is 1.68 bits per heavy atom. The van der Waals surface area contributed by atoms with Crippen LogP contribution in [0.4, 0.5) is 28.4 Å². The zero-order chi connectivity index (χ0) is 51.0. The summed E-state index contributed by atoms with van der Waals surface area (Å²) in [6.45, 7) is 40.2. The summed E-state index contributed by atoms with van der Waals surface area (Å²) >= 11 is 2.09. The molecular formula is C68H79BN2S. The predicted octanol–water partition coefficient (Wildman–Crippen LogP) is 17.2. The summed E-state index contributed by atoms with van der Waals surface area (Å²) in [6, 6.07) is 42.1. The number of benzene rings is 6. The molecule has 0 amide bonds. The molecule has 0 spiro atoms. The van der Waals surface area contributed by atoms with Gasteiger partial charge in [0, 0.05) is 44.2 Å². The number of aryl methyl sites for hydroxylation is 1. The third kappa shape index (κ3) is 7.21. The van der Waals surface area contributed by atoms with Crippen molar-refractivity contribution in [3.63, 3.8) is 0 Å². The molecule has 2 aliphatic heterocycles. The molecule has 0 atom stereocenters. The molecule has 7 aromatic rings. The lowest BCUT2D eigenvalue weighted by molar-refractivity contribution is 0.332. The van der Waals surface area contributed by atoms with Crippen LogP contribution in [-0.4, -0.2) is 6.71 Å². The zero-order valence-electron chi connectivity index (χ0n) is 46.6. The van der Waals surface area contributed by atoms with E-state index < -0.39 is 0 Å². The van der Waals surface area contributed by atoms with Gasteiger partial charge in [0.2, 0.25) is 0 Å². The predicted molar refractivity (Wildman–Crippen MR) is 315 cm³/mol. The Kier molecular flexibility index (Phi) is 10.3. The van der Waals surface area contributed by atoms with Gasteiger partial charge in [-0.25, -0.2) is 0 Å². The van der Waals surface area contributed by atoms with E-state index in [-0.39, 0.29) is 44.6 Å². The second kappa shape index (κ2) is 15.5. The van der Waals surface area contributed by atoms with Gasteiger partial charge in [0.15, 0.2) is 0 Å². The van der Waals surface area contributed by atoms with Crippen LogP contribution in [0, 0.1) is 6.92 Å². The van der Waals surface area contributed by atoms with Crippen LogP contribution in [0.3, 0.4) is 0 Å². The van der Waals surface area contributed by atoms with Gasteiger partial charge in [-0.05, 0) is 198 Å². The summed E-state index contributed by atoms with van der Waals surface area (Å²) in [6.07, 6.45) is 7.17. The summed E-state index contributed by atoms with van der Waals surface area (Å²) in [5.74, 6) is 0. The first kappa shape index (κ1) is 47.9. The third-order valence-corrected chi connectivity index (χ3v) is 20.5. The smallest absolute Gasteiger partial charge is 0.264 e. The molecule has 72 heavy (non-hydrogen) atoms. The molecule has 3 heterocycles. The molecular weight excluding hydrogens is 888 g/mol. The van der Waals surface area contributed by atoms with E-state index in [0.29, 0.717) is 0 Å². The van der Waals surface area contributed by atoms with Crippen LogP contribution < -0.4 is 25.5 Å². The van der Waals surface area contributed by atoms with E-state index in [1.165, 1.54) is 143 Å². The lowest BCUT2D eigenvalue weighted by atomic mass is 9.35. The van der Waals surface area contributed by atoms with Crippen molar-refractivity contribution in [3.05, 3.63) is 153 Å². The Labute approximate surface area is 437 Å². The van der Waals surface area contributed by atoms with Gasteiger partial charge in [0.05, 0.1) is 5.69 Å². The summed E-state index contributed by atoms with van der Waals surface area (Å²) < 4.78 is 2.92. The van der Waals surface area contributed by atoms with Crippen molar-refractivity contribution in [1.29, 1.82) is 0 Å². The first-order chi connectivity index (χ1) is 33.7. The highest BCUT2D eigenvalue weighted by atomic mass is 32.1. The number of nitrogens with zero attached hydrogens (tertiary/aromatic N) is 2. The second-order valence-electron chi connectivity index (χ2n) is 28.3. The first-order valence-electron chi connectivity index (χ1n) is 27.5. The fourth-order valence-corrected chi connectivity index (χ4v) is 15.6. The standard InChI is InChI=1S/C68H79BN2S/c1-41-32-56-59-57(33-41)71(45-24-25-48-49(35-45)64(7,8)27-26-63(48,5)6)55-38-52-51(66(11,12)29-30-67(52,13)14)37-54(55)69(59)61-60(47-36-50-53(39-58(47)72-61)68(15,16)31-28-65(50,9)10)70(56)40-43-22-23-44(62(2,3)4)34-46(43)42-20-18-17-19-21-42/h17-25,32-39H,26-31,40H2,1-16H3. The Hall–Kier alpha value is -5.06. The van der Waals surface area contributed by atoms with Crippen molar-refractivity contribution in [2.24, 2.45) is 0 Å². The van der Waals surface area contributed by atoms with E-state index in [1.807, 2.05) is 0 Å². The van der Waals surface area contributed by atoms with E-state index in [0.717, 1.165) is 6.54 Å². The van der Waals surface area contributed by atoms with Crippen LogP contribution in [0.5, 0.6) is 0 Å². The molecule has 2 nitrogen and oxygen atoms in total. The number of rotatable bonds is 4. The van der Waals surface area contributed by atoms with Crippen molar-refractivity contribution in [1.82, 2.24) is 0 Å². The second-order valence-corrected chi connectivity index (χ2v) is 29.3. The molecule has 0 fully saturated rings. The van der Waals surface area contributed by atoms with Gasteiger partial charge in [-0.2, -0.15) is 0 Å². The highest BCUT2D eigenvalue weighted by molar-refractivity contribution is 7.33. The molecule has 0 saturated carbocycles. The van der Waals surface area contributed by atoms with E-state index in [1.54, 1.807) is 11.1 Å². The number of hydrogen-bond acceptors (Lipinski definition) is 3. The number of fused-ring (bicyclic) bond motifs is 9. The van der Waals surface area contributed by atoms with Crippen LogP contribution in [0.1, 0.15) is 192 Å². The minimum atomic E-state index is 0.0217. The minimum absolute atomic E-state index is 0.0217. The zero-order valence-corrected chi connectivity index (χ0v) is 47.5. The van der Waals surface area contributed by atoms with Crippen molar-refractivity contribution in [2.75, 3.05) is 9.80 Å². The van der Waals surface area contributed by atoms with Crippen LogP contribution in [-0.2, 0) is 44.4 Å². The third-order valence-electron chi connectivity index (χ3n) is 19.3. The summed E-state index contributed by atoms with van der Waals surface area (Å²) in [5, 5.41) is 1.42. The van der Waals surface area contributed by atoms with Gasteiger partial charge >= 0.3 is 0 Å². The average molecular weight is 967 g/mol. The van der Waals surface area contributed by atoms with Gasteiger partial charge < -0.3 is 9.80 Å². The van der Waals surface area contributed by atoms with E-state index >= 15 is 0 Å². The molecule has 4 heteroatoms. The maximum absolute atomic E-state index is 2.80. The quantitative estimate of drug-likeness (QED) is 0.162. The van der Waals surface area contributed by atoms with Gasteiger partial charge in [-0.3, -0.25) is 0 Å². The molecule has 0 N–H and O–H groups in total. The topological polar surface area (TPSA) is 6.48 Å². The van der Waals surface area contributed by atoms with Gasteiger partial charge in [-0.15, -0.1) is 11.3 Å². The molecule has 0 bridgehead atoms. The Morgan fingerprint density at radius 2 is 1.07 bits per heavy atom. The molecule has 0 saturated heterocycles. The SMILES string of the molecule is Cc1cc2c3c(c1)N(c1ccc4c(c1)C(C)(C)CCC4(C)C)c1cc4c(cc1B3c1sc3cc5c(cc3c1N2Cc1ccc(C(C)(C)C)cc1-c1ccccc1)C(C)(C)CCC5(C)C)C(C)(C)CCC4(C)C. The van der Waals surface area contributed by atoms with Gasteiger partial charge in [-0.1, -0.05) is 165 Å². The Balaban J connectivity index is 1.19. The molecule has 0 radical (unpaired) electrons. The molecule has 1 aromatic heterocycles. The number of anilines is 5. The maximum Gasteiger partial charge on any atom is 0.264 e. The Morgan fingerprint density at radius 1 is 0.528 bits per heavy atom. The molecule has 5 aliphatic rings. The summed E-state index contributed by atoms with van der Waals surface area (Å²) in [4.78, 5) is 5.54. The minimum Gasteiger partial charge on any atom is -0.337 e. The van der Waals surface area contributed by atoms with Crippen LogP contribution >= 0.6 is 11.3 Å². The largest absolute Gasteiger partial charge is 0.337 e. The van der Waals surface area contributed by atoms with Crippen molar-refractivity contribution in [3.8, 4) is 11.1 Å². The monoisotopic (exact) mass is 967 g/mol. The lowest BCUT2D eigenvalue weighted by Gasteiger charge is -2.47. The van der Waals surface area contributed by atoms with Crippen LogP contribution in [0.2, 0.25) is 0 Å². The highest BCUT2D eigenvalue weighted by Gasteiger charge is 2.49. The first-order valence-corrected chi connectivity index (χ1v) is 28.4. The lowest BCUT2D eigenvalue weighted by Crippen LogP contribution is -2.61. The molecule has 370 valence electrons. The van der Waals surface area contributed by atoms with Gasteiger partial charge in [0.25, 0.3) is 6.71 Å². The fraction of sp³-hybridized carbons (Fsp3) is 0.441. The molecule has 0 unspecified atom stereocenters. The van der Waals surface area contributed by atoms with Crippen LogP contribution in [0.25, 0.3) is 21.2 Å². The maximum atomic E-state index is 2.80. The summed E-state index contributed by atoms with van der Waals surface area (Å²) in [7, 11) is 0. The van der Waals surface area contributed by atoms with Crippen molar-refractivity contribution in [2.45, 2.75) is 194 Å².